The second kappa shape index (κ2) is 4.83. The van der Waals surface area contributed by atoms with Gasteiger partial charge in [0, 0.05) is 25.6 Å². The first-order valence-corrected chi connectivity index (χ1v) is 6.55. The average Bonchev–Trinajstić information content (AvgIpc) is 3.01. The summed E-state index contributed by atoms with van der Waals surface area (Å²) in [6, 6.07) is 6.18. The van der Waals surface area contributed by atoms with Crippen LogP contribution in [-0.2, 0) is 11.8 Å². The zero-order valence-electron chi connectivity index (χ0n) is 11.2. The molecule has 1 aromatic heterocycles. The quantitative estimate of drug-likeness (QED) is 0.909. The van der Waals surface area contributed by atoms with Gasteiger partial charge in [-0.1, -0.05) is 6.07 Å². The fourth-order valence-electron chi connectivity index (χ4n) is 2.83. The Hall–Kier alpha value is -1.59. The van der Waals surface area contributed by atoms with E-state index in [-0.39, 0.29) is 11.8 Å². The summed E-state index contributed by atoms with van der Waals surface area (Å²) in [5, 5.41) is 3.34. The van der Waals surface area contributed by atoms with Gasteiger partial charge in [-0.15, -0.1) is 0 Å². The third-order valence-electron chi connectivity index (χ3n) is 3.92. The minimum atomic E-state index is -0.322. The normalized spacial score (nSPS) is 21.1. The van der Waals surface area contributed by atoms with Crippen molar-refractivity contribution >= 4 is 11.1 Å². The Balaban J connectivity index is 2.01. The van der Waals surface area contributed by atoms with Crippen molar-refractivity contribution in [3.63, 3.8) is 0 Å². The number of hydrogen-bond acceptors (Lipinski definition) is 4. The van der Waals surface area contributed by atoms with Crippen LogP contribution in [0.4, 0.5) is 0 Å². The predicted octanol–water partition coefficient (Wildman–Crippen LogP) is 1.43. The largest absolute Gasteiger partial charge is 0.419 e. The zero-order chi connectivity index (χ0) is 13.4. The topological polar surface area (TPSA) is 56.4 Å². The van der Waals surface area contributed by atoms with E-state index in [1.807, 2.05) is 19.2 Å². The van der Waals surface area contributed by atoms with Gasteiger partial charge in [-0.2, -0.15) is 0 Å². The maximum Gasteiger partial charge on any atom is 0.419 e. The van der Waals surface area contributed by atoms with E-state index in [0.29, 0.717) is 11.5 Å². The Labute approximate surface area is 111 Å². The van der Waals surface area contributed by atoms with Crippen molar-refractivity contribution in [1.29, 1.82) is 0 Å². The molecule has 2 aromatic rings. The molecule has 1 aliphatic heterocycles. The van der Waals surface area contributed by atoms with E-state index in [2.05, 4.69) is 11.4 Å². The van der Waals surface area contributed by atoms with Crippen LogP contribution in [0.5, 0.6) is 0 Å². The van der Waals surface area contributed by atoms with Crippen LogP contribution in [0.2, 0.25) is 0 Å². The molecular formula is C14H18N2O3. The molecule has 5 heteroatoms. The van der Waals surface area contributed by atoms with Crippen molar-refractivity contribution in [3.8, 4) is 0 Å². The summed E-state index contributed by atoms with van der Waals surface area (Å²) >= 11 is 0. The van der Waals surface area contributed by atoms with Crippen molar-refractivity contribution < 1.29 is 9.15 Å². The lowest BCUT2D eigenvalue weighted by atomic mass is 9.92. The van der Waals surface area contributed by atoms with Gasteiger partial charge in [-0.05, 0) is 31.2 Å². The van der Waals surface area contributed by atoms with Gasteiger partial charge in [0.1, 0.15) is 0 Å². The molecule has 1 aromatic carbocycles. The number of oxazole rings is 1. The zero-order valence-corrected chi connectivity index (χ0v) is 11.2. The summed E-state index contributed by atoms with van der Waals surface area (Å²) in [6.07, 6.45) is 1.06. The minimum Gasteiger partial charge on any atom is -0.408 e. The number of aromatic nitrogens is 1. The molecule has 0 saturated carbocycles. The Bertz CT molecular complexity index is 638. The molecule has 2 heterocycles. The lowest BCUT2D eigenvalue weighted by Crippen LogP contribution is -2.25. The Morgan fingerprint density at radius 3 is 3.00 bits per heavy atom. The van der Waals surface area contributed by atoms with Gasteiger partial charge in [0.25, 0.3) is 0 Å². The summed E-state index contributed by atoms with van der Waals surface area (Å²) < 4.78 is 12.2. The van der Waals surface area contributed by atoms with Crippen LogP contribution in [0.3, 0.4) is 0 Å². The molecule has 0 aliphatic carbocycles. The van der Waals surface area contributed by atoms with E-state index >= 15 is 0 Å². The minimum absolute atomic E-state index is 0.234. The van der Waals surface area contributed by atoms with Crippen molar-refractivity contribution in [2.75, 3.05) is 20.3 Å². The highest BCUT2D eigenvalue weighted by molar-refractivity contribution is 5.73. The summed E-state index contributed by atoms with van der Waals surface area (Å²) in [7, 11) is 3.67. The maximum absolute atomic E-state index is 11.5. The molecule has 3 rings (SSSR count). The summed E-state index contributed by atoms with van der Waals surface area (Å²) in [5.41, 5.74) is 2.61. The molecule has 0 bridgehead atoms. The SMILES string of the molecule is CNC(c1ccc2c(c1)oc(=O)n2C)C1CCOC1. The van der Waals surface area contributed by atoms with Gasteiger partial charge in [0.2, 0.25) is 0 Å². The van der Waals surface area contributed by atoms with Gasteiger partial charge in [0.15, 0.2) is 5.58 Å². The lowest BCUT2D eigenvalue weighted by molar-refractivity contribution is 0.178. The summed E-state index contributed by atoms with van der Waals surface area (Å²) in [4.78, 5) is 11.5. The number of aryl methyl sites for hydroxylation is 1. The van der Waals surface area contributed by atoms with E-state index in [1.165, 1.54) is 4.57 Å². The highest BCUT2D eigenvalue weighted by Gasteiger charge is 2.26. The summed E-state index contributed by atoms with van der Waals surface area (Å²) in [6.45, 7) is 1.60. The van der Waals surface area contributed by atoms with Crippen molar-refractivity contribution in [1.82, 2.24) is 9.88 Å². The smallest absolute Gasteiger partial charge is 0.408 e. The van der Waals surface area contributed by atoms with Crippen LogP contribution in [-0.4, -0.2) is 24.8 Å². The van der Waals surface area contributed by atoms with Crippen LogP contribution < -0.4 is 11.1 Å². The van der Waals surface area contributed by atoms with Gasteiger partial charge in [-0.25, -0.2) is 4.79 Å². The number of nitrogens with zero attached hydrogens (tertiary/aromatic N) is 1. The van der Waals surface area contributed by atoms with Crippen molar-refractivity contribution in [3.05, 3.63) is 34.3 Å². The number of hydrogen-bond donors (Lipinski definition) is 1. The average molecular weight is 262 g/mol. The first kappa shape index (κ1) is 12.4. The molecule has 0 radical (unpaired) electrons. The molecule has 2 unspecified atom stereocenters. The fraction of sp³-hybridized carbons (Fsp3) is 0.500. The second-order valence-corrected chi connectivity index (χ2v) is 5.04. The number of benzene rings is 1. The molecule has 0 spiro atoms. The number of nitrogens with one attached hydrogen (secondary N) is 1. The summed E-state index contributed by atoms with van der Waals surface area (Å²) in [5.74, 6) is 0.148. The molecule has 102 valence electrons. The predicted molar refractivity (Wildman–Crippen MR) is 72.2 cm³/mol. The van der Waals surface area contributed by atoms with Crippen LogP contribution in [0.15, 0.2) is 27.4 Å². The van der Waals surface area contributed by atoms with Gasteiger partial charge < -0.3 is 14.5 Å². The lowest BCUT2D eigenvalue weighted by Gasteiger charge is -2.22. The molecule has 1 saturated heterocycles. The Morgan fingerprint density at radius 2 is 2.32 bits per heavy atom. The van der Waals surface area contributed by atoms with Gasteiger partial charge in [-0.3, -0.25) is 4.57 Å². The molecule has 1 fully saturated rings. The molecule has 19 heavy (non-hydrogen) atoms. The van der Waals surface area contributed by atoms with Crippen LogP contribution in [0, 0.1) is 5.92 Å². The molecule has 5 nitrogen and oxygen atoms in total. The monoisotopic (exact) mass is 262 g/mol. The van der Waals surface area contributed by atoms with Crippen LogP contribution in [0.25, 0.3) is 11.1 Å². The van der Waals surface area contributed by atoms with E-state index < -0.39 is 0 Å². The van der Waals surface area contributed by atoms with Crippen LogP contribution in [0.1, 0.15) is 18.0 Å². The van der Waals surface area contributed by atoms with Crippen molar-refractivity contribution in [2.45, 2.75) is 12.5 Å². The molecule has 1 N–H and O–H groups in total. The van der Waals surface area contributed by atoms with Crippen molar-refractivity contribution in [2.24, 2.45) is 13.0 Å². The van der Waals surface area contributed by atoms with Gasteiger partial charge in [0.05, 0.1) is 12.1 Å². The van der Waals surface area contributed by atoms with Crippen LogP contribution >= 0.6 is 0 Å². The third-order valence-corrected chi connectivity index (χ3v) is 3.92. The van der Waals surface area contributed by atoms with E-state index in [9.17, 15) is 4.79 Å². The molecule has 0 amide bonds. The Kier molecular flexibility index (Phi) is 3.16. The first-order valence-electron chi connectivity index (χ1n) is 6.55. The molecule has 1 aliphatic rings. The number of ether oxygens (including phenoxy) is 1. The number of rotatable bonds is 3. The second-order valence-electron chi connectivity index (χ2n) is 5.04. The third kappa shape index (κ3) is 2.09. The highest BCUT2D eigenvalue weighted by atomic mass is 16.5. The van der Waals surface area contributed by atoms with E-state index in [1.54, 1.807) is 7.05 Å². The van der Waals surface area contributed by atoms with E-state index in [0.717, 1.165) is 30.7 Å². The highest BCUT2D eigenvalue weighted by Crippen LogP contribution is 2.30. The fourth-order valence-corrected chi connectivity index (χ4v) is 2.83. The molecule has 2 atom stereocenters. The van der Waals surface area contributed by atoms with E-state index in [4.69, 9.17) is 9.15 Å². The Morgan fingerprint density at radius 1 is 1.47 bits per heavy atom. The standard InChI is InChI=1S/C14H18N2O3/c1-15-13(10-5-6-18-8-10)9-3-4-11-12(7-9)19-14(17)16(11)2/h3-4,7,10,13,15H,5-6,8H2,1-2H3. The number of fused-ring (bicyclic) bond motifs is 1. The first-order chi connectivity index (χ1) is 9.20. The molecular weight excluding hydrogens is 244 g/mol. The van der Waals surface area contributed by atoms with Gasteiger partial charge >= 0.3 is 5.76 Å². The maximum atomic E-state index is 11.5.